The number of aliphatic hydroxyl groups is 1. The zero-order valence-electron chi connectivity index (χ0n) is 11.7. The number of ether oxygens (including phenoxy) is 1. The number of hydrogen-bond acceptors (Lipinski definition) is 3. The van der Waals surface area contributed by atoms with Crippen LogP contribution in [0.4, 0.5) is 0 Å². The summed E-state index contributed by atoms with van der Waals surface area (Å²) < 4.78 is 5.34. The van der Waals surface area contributed by atoms with Crippen molar-refractivity contribution in [2.24, 2.45) is 0 Å². The van der Waals surface area contributed by atoms with Crippen LogP contribution in [0.25, 0.3) is 6.08 Å². The van der Waals surface area contributed by atoms with Gasteiger partial charge in [0.1, 0.15) is 5.75 Å². The van der Waals surface area contributed by atoms with Crippen LogP contribution in [0.15, 0.2) is 30.3 Å². The van der Waals surface area contributed by atoms with Gasteiger partial charge in [0.2, 0.25) is 5.91 Å². The Morgan fingerprint density at radius 2 is 2.05 bits per heavy atom. The van der Waals surface area contributed by atoms with E-state index in [1.807, 2.05) is 31.2 Å². The average molecular weight is 263 g/mol. The number of hydrogen-bond donors (Lipinski definition) is 1. The van der Waals surface area contributed by atoms with E-state index in [0.29, 0.717) is 6.61 Å². The van der Waals surface area contributed by atoms with Gasteiger partial charge in [-0.2, -0.15) is 0 Å². The van der Waals surface area contributed by atoms with Gasteiger partial charge >= 0.3 is 0 Å². The van der Waals surface area contributed by atoms with Gasteiger partial charge in [-0.1, -0.05) is 12.1 Å². The molecule has 1 rings (SSSR count). The van der Waals surface area contributed by atoms with Crippen molar-refractivity contribution in [3.63, 3.8) is 0 Å². The molecule has 0 aliphatic heterocycles. The summed E-state index contributed by atoms with van der Waals surface area (Å²) in [5.41, 5.74) is 0.932. The van der Waals surface area contributed by atoms with Gasteiger partial charge in [0.05, 0.1) is 19.3 Å². The Bertz CT molecular complexity index is 426. The lowest BCUT2D eigenvalue weighted by atomic mass is 10.2. The molecule has 0 aromatic heterocycles. The lowest BCUT2D eigenvalue weighted by Crippen LogP contribution is -2.36. The molecule has 1 atom stereocenters. The maximum atomic E-state index is 11.8. The Balaban J connectivity index is 2.63. The zero-order valence-corrected chi connectivity index (χ0v) is 11.7. The highest BCUT2D eigenvalue weighted by Gasteiger charge is 2.11. The summed E-state index contributed by atoms with van der Waals surface area (Å²) >= 11 is 0. The second-order valence-electron chi connectivity index (χ2n) is 4.32. The summed E-state index contributed by atoms with van der Waals surface area (Å²) in [6, 6.07) is 7.34. The van der Waals surface area contributed by atoms with E-state index in [1.165, 1.54) is 11.0 Å². The van der Waals surface area contributed by atoms with Crippen molar-refractivity contribution in [3.8, 4) is 5.75 Å². The lowest BCUT2D eigenvalue weighted by molar-refractivity contribution is -0.127. The van der Waals surface area contributed by atoms with Crippen molar-refractivity contribution in [1.82, 2.24) is 4.90 Å². The van der Waals surface area contributed by atoms with Gasteiger partial charge in [-0.05, 0) is 37.6 Å². The SMILES string of the molecule is CCOc1ccc(/C=C/C(=O)N(C)C(C)CO)cc1. The smallest absolute Gasteiger partial charge is 0.246 e. The molecule has 4 heteroatoms. The van der Waals surface area contributed by atoms with Crippen molar-refractivity contribution in [2.45, 2.75) is 19.9 Å². The maximum absolute atomic E-state index is 11.8. The molecule has 0 saturated carbocycles. The van der Waals surface area contributed by atoms with E-state index in [9.17, 15) is 4.79 Å². The maximum Gasteiger partial charge on any atom is 0.246 e. The van der Waals surface area contributed by atoms with Crippen LogP contribution in [0, 0.1) is 0 Å². The second kappa shape index (κ2) is 7.59. The van der Waals surface area contributed by atoms with Crippen molar-refractivity contribution in [1.29, 1.82) is 0 Å². The molecule has 0 saturated heterocycles. The molecular weight excluding hydrogens is 242 g/mol. The number of nitrogens with zero attached hydrogens (tertiary/aromatic N) is 1. The molecule has 104 valence electrons. The van der Waals surface area contributed by atoms with E-state index >= 15 is 0 Å². The van der Waals surface area contributed by atoms with E-state index in [4.69, 9.17) is 9.84 Å². The molecule has 19 heavy (non-hydrogen) atoms. The predicted octanol–water partition coefficient (Wildman–Crippen LogP) is 1.94. The molecule has 0 heterocycles. The Hall–Kier alpha value is -1.81. The molecular formula is C15H21NO3. The fourth-order valence-electron chi connectivity index (χ4n) is 1.47. The van der Waals surface area contributed by atoms with Gasteiger partial charge in [0.15, 0.2) is 0 Å². The number of rotatable bonds is 6. The topological polar surface area (TPSA) is 49.8 Å². The molecule has 1 N–H and O–H groups in total. The molecule has 0 fully saturated rings. The fraction of sp³-hybridized carbons (Fsp3) is 0.400. The van der Waals surface area contributed by atoms with Gasteiger partial charge < -0.3 is 14.7 Å². The Labute approximate surface area is 114 Å². The first-order valence-corrected chi connectivity index (χ1v) is 6.37. The zero-order chi connectivity index (χ0) is 14.3. The third-order valence-electron chi connectivity index (χ3n) is 2.88. The van der Waals surface area contributed by atoms with Crippen LogP contribution >= 0.6 is 0 Å². The highest BCUT2D eigenvalue weighted by Crippen LogP contribution is 2.13. The largest absolute Gasteiger partial charge is 0.494 e. The normalized spacial score (nSPS) is 12.4. The number of aliphatic hydroxyl groups excluding tert-OH is 1. The molecule has 1 unspecified atom stereocenters. The summed E-state index contributed by atoms with van der Waals surface area (Å²) in [7, 11) is 1.67. The summed E-state index contributed by atoms with van der Waals surface area (Å²) in [5.74, 6) is 0.687. The minimum atomic E-state index is -0.183. The van der Waals surface area contributed by atoms with Crippen LogP contribution in [0.3, 0.4) is 0 Å². The highest BCUT2D eigenvalue weighted by molar-refractivity contribution is 5.91. The molecule has 1 aromatic rings. The summed E-state index contributed by atoms with van der Waals surface area (Å²) in [6.45, 7) is 4.32. The number of carbonyl (C=O) groups is 1. The number of carbonyl (C=O) groups excluding carboxylic acids is 1. The van der Waals surface area contributed by atoms with Crippen LogP contribution in [0.5, 0.6) is 5.75 Å². The minimum absolute atomic E-state index is 0.0425. The number of benzene rings is 1. The standard InChI is InChI=1S/C15H21NO3/c1-4-19-14-8-5-13(6-9-14)7-10-15(18)16(3)12(2)11-17/h5-10,12,17H,4,11H2,1-3H3/b10-7+. The molecule has 1 amide bonds. The Kier molecular flexibility index (Phi) is 6.09. The van der Waals surface area contributed by atoms with Crippen molar-refractivity contribution in [3.05, 3.63) is 35.9 Å². The van der Waals surface area contributed by atoms with Gasteiger partial charge in [-0.15, -0.1) is 0 Å². The molecule has 0 spiro atoms. The third kappa shape index (κ3) is 4.75. The Morgan fingerprint density at radius 3 is 2.58 bits per heavy atom. The van der Waals surface area contributed by atoms with E-state index in [0.717, 1.165) is 11.3 Å². The van der Waals surface area contributed by atoms with E-state index in [-0.39, 0.29) is 18.6 Å². The number of likely N-dealkylation sites (N-methyl/N-ethyl adjacent to an activating group) is 1. The van der Waals surface area contributed by atoms with Gasteiger partial charge in [-0.25, -0.2) is 0 Å². The summed E-state index contributed by atoms with van der Waals surface area (Å²) in [4.78, 5) is 13.3. The van der Waals surface area contributed by atoms with Gasteiger partial charge in [0, 0.05) is 13.1 Å². The summed E-state index contributed by atoms with van der Waals surface area (Å²) in [5, 5.41) is 8.99. The first-order chi connectivity index (χ1) is 9.08. The minimum Gasteiger partial charge on any atom is -0.494 e. The van der Waals surface area contributed by atoms with Crippen LogP contribution in [-0.4, -0.2) is 42.2 Å². The van der Waals surface area contributed by atoms with Crippen molar-refractivity contribution in [2.75, 3.05) is 20.3 Å². The molecule has 0 aliphatic rings. The second-order valence-corrected chi connectivity index (χ2v) is 4.32. The molecule has 4 nitrogen and oxygen atoms in total. The monoisotopic (exact) mass is 263 g/mol. The van der Waals surface area contributed by atoms with Gasteiger partial charge in [0.25, 0.3) is 0 Å². The summed E-state index contributed by atoms with van der Waals surface area (Å²) in [6.07, 6.45) is 3.25. The van der Waals surface area contributed by atoms with Crippen LogP contribution in [-0.2, 0) is 4.79 Å². The number of amides is 1. The third-order valence-corrected chi connectivity index (χ3v) is 2.88. The molecule has 0 bridgehead atoms. The molecule has 1 aromatic carbocycles. The van der Waals surface area contributed by atoms with Crippen LogP contribution < -0.4 is 4.74 Å². The van der Waals surface area contributed by atoms with Crippen LogP contribution in [0.2, 0.25) is 0 Å². The Morgan fingerprint density at radius 1 is 1.42 bits per heavy atom. The first-order valence-electron chi connectivity index (χ1n) is 6.37. The van der Waals surface area contributed by atoms with E-state index in [1.54, 1.807) is 20.0 Å². The first kappa shape index (κ1) is 15.2. The quantitative estimate of drug-likeness (QED) is 0.798. The average Bonchev–Trinajstić information content (AvgIpc) is 2.44. The van der Waals surface area contributed by atoms with Gasteiger partial charge in [-0.3, -0.25) is 4.79 Å². The molecule has 0 aliphatic carbocycles. The van der Waals surface area contributed by atoms with Crippen LogP contribution in [0.1, 0.15) is 19.4 Å². The van der Waals surface area contributed by atoms with Crippen molar-refractivity contribution < 1.29 is 14.6 Å². The van der Waals surface area contributed by atoms with E-state index < -0.39 is 0 Å². The predicted molar refractivity (Wildman–Crippen MR) is 76.0 cm³/mol. The lowest BCUT2D eigenvalue weighted by Gasteiger charge is -2.21. The fourth-order valence-corrected chi connectivity index (χ4v) is 1.47. The molecule has 0 radical (unpaired) electrons. The van der Waals surface area contributed by atoms with E-state index in [2.05, 4.69) is 0 Å². The van der Waals surface area contributed by atoms with Crippen molar-refractivity contribution >= 4 is 12.0 Å². The highest BCUT2D eigenvalue weighted by atomic mass is 16.5.